The maximum atomic E-state index is 13.8. The van der Waals surface area contributed by atoms with Crippen molar-refractivity contribution in [2.45, 2.75) is 64.8 Å². The molecule has 1 aromatic carbocycles. The monoisotopic (exact) mass is 539 g/mol. The van der Waals surface area contributed by atoms with E-state index in [1.807, 2.05) is 64.1 Å². The summed E-state index contributed by atoms with van der Waals surface area (Å²) in [5.74, 6) is -0.817. The maximum absolute atomic E-state index is 13.8. The van der Waals surface area contributed by atoms with E-state index in [9.17, 15) is 19.2 Å². The Bertz CT molecular complexity index is 1180. The molecule has 204 valence electrons. The van der Waals surface area contributed by atoms with Crippen molar-refractivity contribution in [3.8, 4) is 10.4 Å². The molecule has 2 aromatic rings. The van der Waals surface area contributed by atoms with Gasteiger partial charge in [-0.15, -0.1) is 11.3 Å². The molecule has 1 N–H and O–H groups in total. The van der Waals surface area contributed by atoms with Crippen molar-refractivity contribution in [2.75, 3.05) is 20.2 Å². The first-order valence-corrected chi connectivity index (χ1v) is 14.1. The molecule has 2 aliphatic rings. The Morgan fingerprint density at radius 2 is 1.74 bits per heavy atom. The fourth-order valence-electron chi connectivity index (χ4n) is 5.52. The molecule has 0 saturated carbocycles. The number of hydrogen-bond donors (Lipinski definition) is 1. The number of thiophene rings is 1. The van der Waals surface area contributed by atoms with Gasteiger partial charge in [-0.3, -0.25) is 19.2 Å². The summed E-state index contributed by atoms with van der Waals surface area (Å²) in [5, 5.41) is 2.95. The van der Waals surface area contributed by atoms with Gasteiger partial charge in [0.15, 0.2) is 5.78 Å². The summed E-state index contributed by atoms with van der Waals surface area (Å²) in [4.78, 5) is 57.9. The van der Waals surface area contributed by atoms with Crippen LogP contribution in [0.25, 0.3) is 10.4 Å². The molecule has 2 fully saturated rings. The van der Waals surface area contributed by atoms with Gasteiger partial charge in [0.2, 0.25) is 5.91 Å². The van der Waals surface area contributed by atoms with Gasteiger partial charge in [0.05, 0.1) is 17.5 Å². The highest BCUT2D eigenvalue weighted by Gasteiger charge is 2.53. The van der Waals surface area contributed by atoms with Gasteiger partial charge < -0.3 is 19.9 Å². The van der Waals surface area contributed by atoms with Crippen molar-refractivity contribution >= 4 is 34.8 Å². The summed E-state index contributed by atoms with van der Waals surface area (Å²) in [6, 6.07) is 11.7. The molecule has 4 atom stereocenters. The molecule has 0 bridgehead atoms. The minimum atomic E-state index is -0.761. The Kier molecular flexibility index (Phi) is 8.67. The van der Waals surface area contributed by atoms with Crippen molar-refractivity contribution < 1.29 is 23.9 Å². The molecule has 4 rings (SSSR count). The third kappa shape index (κ3) is 5.68. The Morgan fingerprint density at radius 1 is 1.03 bits per heavy atom. The molecular formula is C29H37N3O5S. The lowest BCUT2D eigenvalue weighted by molar-refractivity contribution is -0.146. The van der Waals surface area contributed by atoms with Gasteiger partial charge in [0, 0.05) is 18.5 Å². The van der Waals surface area contributed by atoms with Gasteiger partial charge in [-0.05, 0) is 42.4 Å². The lowest BCUT2D eigenvalue weighted by Crippen LogP contribution is -2.53. The predicted octanol–water partition coefficient (Wildman–Crippen LogP) is 3.61. The minimum absolute atomic E-state index is 0.0246. The summed E-state index contributed by atoms with van der Waals surface area (Å²) in [7, 11) is 1.50. The number of carbonyl (C=O) groups excluding carboxylic acids is 4. The fraction of sp³-hybridized carbons (Fsp3) is 0.517. The molecular weight excluding hydrogens is 502 g/mol. The average Bonchev–Trinajstić information content (AvgIpc) is 3.61. The third-order valence-corrected chi connectivity index (χ3v) is 8.42. The molecule has 3 amide bonds. The van der Waals surface area contributed by atoms with Crippen LogP contribution in [0.4, 0.5) is 0 Å². The number of nitrogens with one attached hydrogen (secondary N) is 1. The second-order valence-electron chi connectivity index (χ2n) is 10.9. The number of fused-ring (bicyclic) bond motifs is 1. The van der Waals surface area contributed by atoms with Crippen molar-refractivity contribution in [3.05, 3.63) is 47.3 Å². The molecule has 2 aliphatic heterocycles. The summed E-state index contributed by atoms with van der Waals surface area (Å²) in [5.41, 5.74) is 1.03. The quantitative estimate of drug-likeness (QED) is 0.525. The molecule has 0 aliphatic carbocycles. The predicted molar refractivity (Wildman–Crippen MR) is 147 cm³/mol. The molecule has 0 radical (unpaired) electrons. The van der Waals surface area contributed by atoms with Gasteiger partial charge in [-0.2, -0.15) is 0 Å². The standard InChI is InChI=1S/C29H37N3O5S/c1-17(2)15-20(30-27(34)24-12-11-23(38-24)19-9-7-6-8-10-19)28(35)31-14-13-21-25(31)22(33)16-32(21)29(36)26(37-5)18(3)4/h6-12,17-18,20-21,25-26H,13-16H2,1-5H3,(H,30,34). The van der Waals surface area contributed by atoms with Crippen LogP contribution in [0.15, 0.2) is 42.5 Å². The summed E-state index contributed by atoms with van der Waals surface area (Å²) in [6.45, 7) is 8.14. The maximum Gasteiger partial charge on any atom is 0.262 e. The van der Waals surface area contributed by atoms with Gasteiger partial charge in [-0.1, -0.05) is 58.0 Å². The lowest BCUT2D eigenvalue weighted by atomic mass is 10.0. The zero-order valence-corrected chi connectivity index (χ0v) is 23.5. The van der Waals surface area contributed by atoms with E-state index in [0.717, 1.165) is 10.4 Å². The second-order valence-corrected chi connectivity index (χ2v) is 11.9. The molecule has 9 heteroatoms. The molecule has 2 saturated heterocycles. The SMILES string of the molecule is COC(C(=O)N1CC(=O)C2C1CCN2C(=O)C(CC(C)C)NC(=O)c1ccc(-c2ccccc2)s1)C(C)C. The van der Waals surface area contributed by atoms with E-state index in [-0.39, 0.29) is 47.9 Å². The highest BCUT2D eigenvalue weighted by molar-refractivity contribution is 7.17. The van der Waals surface area contributed by atoms with Crippen LogP contribution in [0.1, 0.15) is 50.2 Å². The van der Waals surface area contributed by atoms with Gasteiger partial charge in [-0.25, -0.2) is 0 Å². The first-order valence-electron chi connectivity index (χ1n) is 13.2. The van der Waals surface area contributed by atoms with Crippen molar-refractivity contribution in [2.24, 2.45) is 11.8 Å². The lowest BCUT2D eigenvalue weighted by Gasteiger charge is -2.30. The van der Waals surface area contributed by atoms with Crippen LogP contribution in [0, 0.1) is 11.8 Å². The number of likely N-dealkylation sites (tertiary alicyclic amines) is 2. The number of amides is 3. The number of ether oxygens (including phenoxy) is 1. The Labute approximate surface area is 228 Å². The first kappa shape index (κ1) is 28.0. The van der Waals surface area contributed by atoms with Crippen LogP contribution in [0.5, 0.6) is 0 Å². The van der Waals surface area contributed by atoms with E-state index in [4.69, 9.17) is 4.74 Å². The van der Waals surface area contributed by atoms with E-state index in [1.165, 1.54) is 18.4 Å². The number of benzene rings is 1. The van der Waals surface area contributed by atoms with E-state index in [2.05, 4.69) is 5.32 Å². The second kappa shape index (κ2) is 11.8. The van der Waals surface area contributed by atoms with E-state index in [1.54, 1.807) is 15.9 Å². The van der Waals surface area contributed by atoms with Crippen LogP contribution in [0.3, 0.4) is 0 Å². The zero-order chi connectivity index (χ0) is 27.6. The molecule has 4 unspecified atom stereocenters. The van der Waals surface area contributed by atoms with Gasteiger partial charge >= 0.3 is 0 Å². The zero-order valence-electron chi connectivity index (χ0n) is 22.7. The number of methoxy groups -OCH3 is 1. The molecule has 1 aromatic heterocycles. The van der Waals surface area contributed by atoms with E-state index in [0.29, 0.717) is 24.3 Å². The Balaban J connectivity index is 1.49. The number of Topliss-reactive ketones (excluding diaryl/α,β-unsaturated/α-hetero) is 1. The number of nitrogens with zero attached hydrogens (tertiary/aromatic N) is 2. The normalized spacial score (nSPS) is 20.7. The summed E-state index contributed by atoms with van der Waals surface area (Å²) in [6.07, 6.45) is 0.340. The smallest absolute Gasteiger partial charge is 0.262 e. The number of ketones is 1. The molecule has 3 heterocycles. The number of carbonyl (C=O) groups is 4. The topological polar surface area (TPSA) is 96.0 Å². The summed E-state index contributed by atoms with van der Waals surface area (Å²) >= 11 is 1.38. The van der Waals surface area contributed by atoms with Crippen LogP contribution >= 0.6 is 11.3 Å². The average molecular weight is 540 g/mol. The van der Waals surface area contributed by atoms with Crippen LogP contribution < -0.4 is 5.32 Å². The highest BCUT2D eigenvalue weighted by atomic mass is 32.1. The van der Waals surface area contributed by atoms with Crippen LogP contribution in [0.2, 0.25) is 0 Å². The van der Waals surface area contributed by atoms with Crippen molar-refractivity contribution in [1.82, 2.24) is 15.1 Å². The van der Waals surface area contributed by atoms with Crippen LogP contribution in [-0.2, 0) is 19.1 Å². The van der Waals surface area contributed by atoms with Crippen LogP contribution in [-0.4, -0.2) is 77.7 Å². The third-order valence-electron chi connectivity index (χ3n) is 7.29. The van der Waals surface area contributed by atoms with E-state index >= 15 is 0 Å². The summed E-state index contributed by atoms with van der Waals surface area (Å²) < 4.78 is 5.41. The first-order chi connectivity index (χ1) is 18.1. The highest BCUT2D eigenvalue weighted by Crippen LogP contribution is 2.32. The molecule has 38 heavy (non-hydrogen) atoms. The number of rotatable bonds is 9. The van der Waals surface area contributed by atoms with E-state index < -0.39 is 18.2 Å². The Morgan fingerprint density at radius 3 is 2.37 bits per heavy atom. The largest absolute Gasteiger partial charge is 0.371 e. The fourth-order valence-corrected chi connectivity index (χ4v) is 6.43. The van der Waals surface area contributed by atoms with Crippen molar-refractivity contribution in [3.63, 3.8) is 0 Å². The molecule has 8 nitrogen and oxygen atoms in total. The minimum Gasteiger partial charge on any atom is -0.371 e. The number of hydrogen-bond acceptors (Lipinski definition) is 6. The van der Waals surface area contributed by atoms with Crippen molar-refractivity contribution in [1.29, 1.82) is 0 Å². The Hall–Kier alpha value is -3.04. The van der Waals surface area contributed by atoms with Gasteiger partial charge in [0.1, 0.15) is 18.2 Å². The van der Waals surface area contributed by atoms with Gasteiger partial charge in [0.25, 0.3) is 11.8 Å². The molecule has 0 spiro atoms.